The van der Waals surface area contributed by atoms with Crippen molar-refractivity contribution in [1.29, 1.82) is 0 Å². The van der Waals surface area contributed by atoms with Crippen LogP contribution < -0.4 is 4.74 Å². The van der Waals surface area contributed by atoms with E-state index >= 15 is 4.39 Å². The zero-order valence-corrected chi connectivity index (χ0v) is 19.4. The van der Waals surface area contributed by atoms with Crippen LogP contribution in [0.5, 0.6) is 11.5 Å². The van der Waals surface area contributed by atoms with E-state index in [9.17, 15) is 4.79 Å². The van der Waals surface area contributed by atoms with Gasteiger partial charge in [-0.05, 0) is 48.0 Å². The summed E-state index contributed by atoms with van der Waals surface area (Å²) in [7, 11) is 0. The number of ether oxygens (including phenoxy) is 2. The Labute approximate surface area is 204 Å². The van der Waals surface area contributed by atoms with Crippen LogP contribution in [-0.4, -0.2) is 47.1 Å². The highest BCUT2D eigenvalue weighted by Gasteiger charge is 2.20. The van der Waals surface area contributed by atoms with E-state index in [-0.39, 0.29) is 5.91 Å². The summed E-state index contributed by atoms with van der Waals surface area (Å²) in [6.07, 6.45) is 1.69. The summed E-state index contributed by atoms with van der Waals surface area (Å²) >= 11 is 1.57. The minimum Gasteiger partial charge on any atom is -0.457 e. The summed E-state index contributed by atoms with van der Waals surface area (Å²) < 4.78 is 27.7. The average Bonchev–Trinajstić information content (AvgIpc) is 3.37. The minimum atomic E-state index is -0.455. The van der Waals surface area contributed by atoms with Gasteiger partial charge in [-0.3, -0.25) is 9.78 Å². The second-order valence-corrected chi connectivity index (χ2v) is 9.11. The van der Waals surface area contributed by atoms with Crippen LogP contribution in [0.3, 0.4) is 0 Å². The molecule has 3 heterocycles. The highest BCUT2D eigenvalue weighted by Crippen LogP contribution is 2.34. The van der Waals surface area contributed by atoms with Gasteiger partial charge in [-0.25, -0.2) is 9.37 Å². The molecule has 0 atom stereocenters. The van der Waals surface area contributed by atoms with Crippen molar-refractivity contribution in [2.45, 2.75) is 0 Å². The van der Waals surface area contributed by atoms with Crippen molar-refractivity contribution in [2.75, 3.05) is 26.3 Å². The largest absolute Gasteiger partial charge is 0.457 e. The number of carbonyl (C=O) groups excluding carboxylic acids is 1. The Kier molecular flexibility index (Phi) is 5.60. The van der Waals surface area contributed by atoms with Gasteiger partial charge in [-0.2, -0.15) is 0 Å². The normalized spacial score (nSPS) is 13.9. The number of fused-ring (bicyclic) bond motifs is 2. The maximum absolute atomic E-state index is 15.2. The Balaban J connectivity index is 1.33. The van der Waals surface area contributed by atoms with Gasteiger partial charge < -0.3 is 14.4 Å². The topological polar surface area (TPSA) is 64.5 Å². The Bertz CT molecular complexity index is 1560. The number of morpholine rings is 1. The van der Waals surface area contributed by atoms with Crippen molar-refractivity contribution in [3.8, 4) is 22.6 Å². The molecule has 1 aliphatic heterocycles. The molecule has 1 saturated heterocycles. The van der Waals surface area contributed by atoms with E-state index in [1.54, 1.807) is 46.1 Å². The number of hydrogen-bond acceptors (Lipinski definition) is 6. The molecule has 0 saturated carbocycles. The van der Waals surface area contributed by atoms with E-state index in [0.29, 0.717) is 54.5 Å². The molecule has 0 spiro atoms. The van der Waals surface area contributed by atoms with Crippen molar-refractivity contribution in [1.82, 2.24) is 14.9 Å². The Hall–Kier alpha value is -3.88. The van der Waals surface area contributed by atoms with Crippen molar-refractivity contribution >= 4 is 38.4 Å². The summed E-state index contributed by atoms with van der Waals surface area (Å²) in [4.78, 5) is 23.2. The van der Waals surface area contributed by atoms with E-state index in [1.807, 2.05) is 36.4 Å². The lowest BCUT2D eigenvalue weighted by molar-refractivity contribution is 0.0302. The van der Waals surface area contributed by atoms with E-state index in [1.165, 1.54) is 6.07 Å². The van der Waals surface area contributed by atoms with Crippen LogP contribution in [0.2, 0.25) is 0 Å². The molecular weight excluding hydrogens is 465 g/mol. The number of carbonyl (C=O) groups is 1. The van der Waals surface area contributed by atoms with Gasteiger partial charge in [0.1, 0.15) is 17.3 Å². The molecule has 3 aromatic carbocycles. The summed E-state index contributed by atoms with van der Waals surface area (Å²) in [6.45, 7) is 2.02. The second-order valence-electron chi connectivity index (χ2n) is 8.22. The number of aromatic nitrogens is 2. The number of hydrogen-bond donors (Lipinski definition) is 0. The van der Waals surface area contributed by atoms with Crippen molar-refractivity contribution in [2.24, 2.45) is 0 Å². The first-order chi connectivity index (χ1) is 17.2. The highest BCUT2D eigenvalue weighted by atomic mass is 32.1. The molecule has 0 unspecified atom stereocenters. The third-order valence-corrected chi connectivity index (χ3v) is 6.87. The summed E-state index contributed by atoms with van der Waals surface area (Å²) in [5.74, 6) is 0.641. The van der Waals surface area contributed by atoms with Gasteiger partial charge in [0, 0.05) is 41.9 Å². The molecule has 6 nitrogen and oxygen atoms in total. The quantitative estimate of drug-likeness (QED) is 0.316. The van der Waals surface area contributed by atoms with Crippen molar-refractivity contribution < 1.29 is 18.7 Å². The number of pyridine rings is 1. The predicted octanol–water partition coefficient (Wildman–Crippen LogP) is 5.92. The molecule has 0 bridgehead atoms. The molecule has 5 aromatic rings. The molecule has 0 radical (unpaired) electrons. The Morgan fingerprint density at radius 3 is 2.71 bits per heavy atom. The van der Waals surface area contributed by atoms with E-state index in [2.05, 4.69) is 9.97 Å². The lowest BCUT2D eigenvalue weighted by Gasteiger charge is -2.27. The van der Waals surface area contributed by atoms with Gasteiger partial charge in [0.15, 0.2) is 0 Å². The molecule has 35 heavy (non-hydrogen) atoms. The number of benzene rings is 3. The molecule has 1 amide bonds. The van der Waals surface area contributed by atoms with Crippen LogP contribution in [0.25, 0.3) is 32.2 Å². The van der Waals surface area contributed by atoms with Gasteiger partial charge >= 0.3 is 0 Å². The number of amides is 1. The standard InChI is InChI=1S/C27H20FN3O3S/c28-22-14-18(27(32)31-9-11-33-12-10-31)1-4-20(22)17-2-5-23-21(13-17)25(7-8-29-23)34-19-3-6-26-24(15-19)30-16-35-26/h1-8,13-16H,9-12H2. The number of nitrogens with zero attached hydrogens (tertiary/aromatic N) is 3. The van der Waals surface area contributed by atoms with Crippen molar-refractivity contribution in [3.63, 3.8) is 0 Å². The average molecular weight is 486 g/mol. The molecule has 1 fully saturated rings. The number of rotatable bonds is 4. The fourth-order valence-corrected chi connectivity index (χ4v) is 4.90. The predicted molar refractivity (Wildman–Crippen MR) is 134 cm³/mol. The van der Waals surface area contributed by atoms with Crippen LogP contribution >= 0.6 is 11.3 Å². The first kappa shape index (κ1) is 21.6. The van der Waals surface area contributed by atoms with Crippen LogP contribution in [0.1, 0.15) is 10.4 Å². The van der Waals surface area contributed by atoms with Crippen LogP contribution in [0, 0.1) is 5.82 Å². The fourth-order valence-electron chi connectivity index (χ4n) is 4.24. The molecule has 1 aliphatic rings. The maximum Gasteiger partial charge on any atom is 0.254 e. The van der Waals surface area contributed by atoms with E-state index < -0.39 is 5.82 Å². The molecule has 8 heteroatoms. The zero-order chi connectivity index (χ0) is 23.8. The monoisotopic (exact) mass is 485 g/mol. The second kappa shape index (κ2) is 9.05. The minimum absolute atomic E-state index is 0.186. The number of halogens is 1. The van der Waals surface area contributed by atoms with E-state index in [4.69, 9.17) is 9.47 Å². The maximum atomic E-state index is 15.2. The molecule has 174 valence electrons. The van der Waals surface area contributed by atoms with Gasteiger partial charge in [0.2, 0.25) is 0 Å². The van der Waals surface area contributed by atoms with E-state index in [0.717, 1.165) is 21.1 Å². The molecule has 2 aromatic heterocycles. The number of thiazole rings is 1. The first-order valence-corrected chi connectivity index (χ1v) is 12.1. The first-order valence-electron chi connectivity index (χ1n) is 11.2. The zero-order valence-electron chi connectivity index (χ0n) is 18.6. The van der Waals surface area contributed by atoms with Crippen LogP contribution in [0.4, 0.5) is 4.39 Å². The lowest BCUT2D eigenvalue weighted by atomic mass is 10.0. The Morgan fingerprint density at radius 1 is 0.971 bits per heavy atom. The van der Waals surface area contributed by atoms with Crippen LogP contribution in [-0.2, 0) is 4.74 Å². The fraction of sp³-hybridized carbons (Fsp3) is 0.148. The summed E-state index contributed by atoms with van der Waals surface area (Å²) in [6, 6.07) is 17.7. The highest BCUT2D eigenvalue weighted by molar-refractivity contribution is 7.16. The third kappa shape index (κ3) is 4.22. The lowest BCUT2D eigenvalue weighted by Crippen LogP contribution is -2.40. The SMILES string of the molecule is O=C(c1ccc(-c2ccc3nccc(Oc4ccc5scnc5c4)c3c2)c(F)c1)N1CCOCC1. The van der Waals surface area contributed by atoms with Gasteiger partial charge in [-0.1, -0.05) is 12.1 Å². The van der Waals surface area contributed by atoms with Crippen molar-refractivity contribution in [3.05, 3.63) is 83.8 Å². The third-order valence-electron chi connectivity index (χ3n) is 6.06. The summed E-state index contributed by atoms with van der Waals surface area (Å²) in [5.41, 5.74) is 4.83. The van der Waals surface area contributed by atoms with Gasteiger partial charge in [-0.15, -0.1) is 11.3 Å². The Morgan fingerprint density at radius 2 is 1.86 bits per heavy atom. The van der Waals surface area contributed by atoms with Gasteiger partial charge in [0.25, 0.3) is 5.91 Å². The summed E-state index contributed by atoms with van der Waals surface area (Å²) in [5, 5.41) is 0.760. The molecule has 0 aliphatic carbocycles. The molecular formula is C27H20FN3O3S. The van der Waals surface area contributed by atoms with Gasteiger partial charge in [0.05, 0.1) is 34.5 Å². The smallest absolute Gasteiger partial charge is 0.254 e. The molecule has 0 N–H and O–H groups in total. The molecule has 6 rings (SSSR count). The van der Waals surface area contributed by atoms with Crippen LogP contribution in [0.15, 0.2) is 72.4 Å².